The second-order valence-corrected chi connectivity index (χ2v) is 8.10. The molecule has 0 aliphatic carbocycles. The van der Waals surface area contributed by atoms with Crippen LogP contribution in [0.3, 0.4) is 0 Å². The Kier molecular flexibility index (Phi) is 7.84. The summed E-state index contributed by atoms with van der Waals surface area (Å²) < 4.78 is 11.2. The molecule has 0 aliphatic rings. The van der Waals surface area contributed by atoms with Crippen molar-refractivity contribution in [2.45, 2.75) is 25.1 Å². The van der Waals surface area contributed by atoms with Gasteiger partial charge in [0.1, 0.15) is 17.3 Å². The number of nitrogens with one attached hydrogen (secondary N) is 1. The Morgan fingerprint density at radius 3 is 2.65 bits per heavy atom. The van der Waals surface area contributed by atoms with Gasteiger partial charge in [0.2, 0.25) is 5.16 Å². The van der Waals surface area contributed by atoms with Crippen LogP contribution in [-0.4, -0.2) is 33.4 Å². The number of H-pyrrole nitrogens is 1. The molecule has 0 spiro atoms. The fourth-order valence-corrected chi connectivity index (χ4v) is 3.60. The molecule has 31 heavy (non-hydrogen) atoms. The van der Waals surface area contributed by atoms with Crippen molar-refractivity contribution in [3.05, 3.63) is 68.3 Å². The summed E-state index contributed by atoms with van der Waals surface area (Å²) in [5.41, 5.74) is 1.48. The van der Waals surface area contributed by atoms with Crippen LogP contribution in [-0.2, 0) is 17.8 Å². The fourth-order valence-electron chi connectivity index (χ4n) is 2.55. The number of benzene rings is 2. The first kappa shape index (κ1) is 23.0. The summed E-state index contributed by atoms with van der Waals surface area (Å²) in [6, 6.07) is 10.4. The number of rotatable bonds is 9. The molecule has 0 radical (unpaired) electrons. The Hall–Kier alpha value is -2.68. The molecule has 3 aromatic rings. The molecule has 10 heteroatoms. The minimum Gasteiger partial charge on any atom is -0.493 e. The number of aromatic nitrogens is 3. The number of aromatic amines is 1. The second kappa shape index (κ2) is 10.6. The lowest BCUT2D eigenvalue weighted by atomic mass is 10.2. The monoisotopic (exact) mass is 479 g/mol. The molecule has 1 aromatic heterocycles. The van der Waals surface area contributed by atoms with Crippen molar-refractivity contribution in [2.75, 3.05) is 7.11 Å². The number of halogens is 2. The molecular formula is C21H19Cl2N3O4S. The van der Waals surface area contributed by atoms with E-state index in [9.17, 15) is 9.90 Å². The maximum absolute atomic E-state index is 11.7. The van der Waals surface area contributed by atoms with E-state index >= 15 is 0 Å². The smallest absolute Gasteiger partial charge is 0.342 e. The fraction of sp³-hybridized carbons (Fsp3) is 0.190. The van der Waals surface area contributed by atoms with Crippen molar-refractivity contribution in [2.24, 2.45) is 0 Å². The molecule has 2 N–H and O–H groups in total. The molecule has 162 valence electrons. The van der Waals surface area contributed by atoms with Gasteiger partial charge in [-0.15, -0.1) is 5.10 Å². The lowest BCUT2D eigenvalue weighted by molar-refractivity contribution is -0.131. The Morgan fingerprint density at radius 1 is 1.19 bits per heavy atom. The molecule has 0 bridgehead atoms. The van der Waals surface area contributed by atoms with Crippen LogP contribution < -0.4 is 9.47 Å². The quantitative estimate of drug-likeness (QED) is 0.309. The van der Waals surface area contributed by atoms with Gasteiger partial charge in [0.05, 0.1) is 17.2 Å². The number of carboxylic acid groups (broad SMARTS) is 1. The van der Waals surface area contributed by atoms with Gasteiger partial charge in [0, 0.05) is 6.42 Å². The molecular weight excluding hydrogens is 461 g/mol. The normalized spacial score (nSPS) is 11.4. The van der Waals surface area contributed by atoms with E-state index in [1.165, 1.54) is 13.2 Å². The van der Waals surface area contributed by atoms with Gasteiger partial charge in [-0.05, 0) is 53.2 Å². The summed E-state index contributed by atoms with van der Waals surface area (Å²) in [5, 5.41) is 17.6. The minimum atomic E-state index is -1.08. The number of carbonyl (C=O) groups is 1. The molecule has 0 saturated carbocycles. The van der Waals surface area contributed by atoms with E-state index in [2.05, 4.69) is 15.2 Å². The average molecular weight is 480 g/mol. The summed E-state index contributed by atoms with van der Waals surface area (Å²) in [7, 11) is 1.52. The van der Waals surface area contributed by atoms with Crippen LogP contribution in [0, 0.1) is 0 Å². The highest BCUT2D eigenvalue weighted by Gasteiger charge is 2.14. The predicted octanol–water partition coefficient (Wildman–Crippen LogP) is 5.48. The first-order chi connectivity index (χ1) is 14.9. The van der Waals surface area contributed by atoms with Crippen LogP contribution in [0.25, 0.3) is 6.08 Å². The molecule has 0 unspecified atom stereocenters. The molecule has 3 rings (SSSR count). The first-order valence-corrected chi connectivity index (χ1v) is 10.8. The number of thioether (sulfide) groups is 1. The van der Waals surface area contributed by atoms with Crippen LogP contribution >= 0.6 is 35.0 Å². The van der Waals surface area contributed by atoms with E-state index in [0.717, 1.165) is 17.3 Å². The van der Waals surface area contributed by atoms with Gasteiger partial charge in [-0.1, -0.05) is 42.3 Å². The minimum absolute atomic E-state index is 0.0770. The third-order valence-electron chi connectivity index (χ3n) is 4.12. The van der Waals surface area contributed by atoms with Crippen LogP contribution in [0.5, 0.6) is 11.5 Å². The number of hydrogen-bond acceptors (Lipinski definition) is 6. The number of nitrogens with zero attached hydrogens (tertiary/aromatic N) is 2. The Morgan fingerprint density at radius 2 is 2.00 bits per heavy atom. The van der Waals surface area contributed by atoms with Gasteiger partial charge in [-0.2, -0.15) is 0 Å². The lowest BCUT2D eigenvalue weighted by Crippen LogP contribution is -1.99. The maximum Gasteiger partial charge on any atom is 0.342 e. The van der Waals surface area contributed by atoms with Crippen LogP contribution in [0.2, 0.25) is 10.0 Å². The van der Waals surface area contributed by atoms with E-state index in [-0.39, 0.29) is 11.5 Å². The first-order valence-electron chi connectivity index (χ1n) is 9.18. The maximum atomic E-state index is 11.7. The van der Waals surface area contributed by atoms with Crippen molar-refractivity contribution in [1.82, 2.24) is 15.2 Å². The predicted molar refractivity (Wildman–Crippen MR) is 121 cm³/mol. The number of hydrogen-bond donors (Lipinski definition) is 2. The molecule has 1 heterocycles. The zero-order valence-electron chi connectivity index (χ0n) is 16.7. The number of carboxylic acids is 1. The Balaban J connectivity index is 1.77. The van der Waals surface area contributed by atoms with E-state index in [4.69, 9.17) is 32.7 Å². The largest absolute Gasteiger partial charge is 0.493 e. The molecule has 0 fully saturated rings. The zero-order chi connectivity index (χ0) is 22.4. The third kappa shape index (κ3) is 6.16. The van der Waals surface area contributed by atoms with Crippen molar-refractivity contribution in [3.63, 3.8) is 0 Å². The van der Waals surface area contributed by atoms with Gasteiger partial charge >= 0.3 is 5.97 Å². The molecule has 0 saturated heterocycles. The highest BCUT2D eigenvalue weighted by molar-refractivity contribution is 8.04. The van der Waals surface area contributed by atoms with Gasteiger partial charge in [-0.25, -0.2) is 9.78 Å². The highest BCUT2D eigenvalue weighted by atomic mass is 35.5. The van der Waals surface area contributed by atoms with Gasteiger partial charge in [-0.3, -0.25) is 5.10 Å². The molecule has 0 atom stereocenters. The number of ether oxygens (including phenoxy) is 2. The van der Waals surface area contributed by atoms with E-state index < -0.39 is 5.97 Å². The van der Waals surface area contributed by atoms with Crippen molar-refractivity contribution >= 4 is 47.0 Å². The molecule has 2 aromatic carbocycles. The summed E-state index contributed by atoms with van der Waals surface area (Å²) in [6.45, 7) is 2.20. The zero-order valence-corrected chi connectivity index (χ0v) is 19.0. The summed E-state index contributed by atoms with van der Waals surface area (Å²) >= 11 is 12.9. The Labute approximate surface area is 193 Å². The SMILES string of the molecule is CCc1nc(S/C(=C\c2ccc(OCc3ccc(Cl)c(Cl)c3)c(OC)c2)C(=O)O)n[nH]1. The number of aryl methyl sites for hydroxylation is 1. The van der Waals surface area contributed by atoms with Crippen LogP contribution in [0.15, 0.2) is 46.5 Å². The van der Waals surface area contributed by atoms with Gasteiger partial charge in [0.15, 0.2) is 11.5 Å². The lowest BCUT2D eigenvalue weighted by Gasteiger charge is -2.12. The van der Waals surface area contributed by atoms with Crippen LogP contribution in [0.1, 0.15) is 23.9 Å². The van der Waals surface area contributed by atoms with Gasteiger partial charge < -0.3 is 14.6 Å². The van der Waals surface area contributed by atoms with Crippen LogP contribution in [0.4, 0.5) is 0 Å². The molecule has 0 aliphatic heterocycles. The Bertz CT molecular complexity index is 1120. The van der Waals surface area contributed by atoms with E-state index in [0.29, 0.717) is 44.5 Å². The van der Waals surface area contributed by atoms with Crippen molar-refractivity contribution in [1.29, 1.82) is 0 Å². The third-order valence-corrected chi connectivity index (χ3v) is 5.74. The van der Waals surface area contributed by atoms with Gasteiger partial charge in [0.25, 0.3) is 0 Å². The second-order valence-electron chi connectivity index (χ2n) is 6.28. The topological polar surface area (TPSA) is 97.3 Å². The summed E-state index contributed by atoms with van der Waals surface area (Å²) in [4.78, 5) is 16.0. The average Bonchev–Trinajstić information content (AvgIpc) is 3.22. The summed E-state index contributed by atoms with van der Waals surface area (Å²) in [6.07, 6.45) is 2.21. The summed E-state index contributed by atoms with van der Waals surface area (Å²) in [5.74, 6) is 0.593. The van der Waals surface area contributed by atoms with Crippen molar-refractivity contribution < 1.29 is 19.4 Å². The standard InChI is InChI=1S/C21H19Cl2N3O4S/c1-3-19-24-21(26-25-19)31-18(20(27)28)10-12-5-7-16(17(9-12)29-2)30-11-13-4-6-14(22)15(23)8-13/h4-10H,3,11H2,1-2H3,(H,27,28)(H,24,25,26)/b18-10-. The van der Waals surface area contributed by atoms with Crippen molar-refractivity contribution in [3.8, 4) is 11.5 Å². The molecule has 0 amide bonds. The number of aliphatic carboxylic acids is 1. The van der Waals surface area contributed by atoms with E-state index in [1.807, 2.05) is 13.0 Å². The van der Waals surface area contributed by atoms with E-state index in [1.54, 1.807) is 30.3 Å². The number of methoxy groups -OCH3 is 1. The molecule has 7 nitrogen and oxygen atoms in total. The highest BCUT2D eigenvalue weighted by Crippen LogP contribution is 2.32.